The van der Waals surface area contributed by atoms with Gasteiger partial charge in [0.2, 0.25) is 0 Å². The molecule has 22 heavy (non-hydrogen) atoms. The van der Waals surface area contributed by atoms with Crippen molar-refractivity contribution in [3.63, 3.8) is 0 Å². The van der Waals surface area contributed by atoms with E-state index >= 15 is 0 Å². The van der Waals surface area contributed by atoms with Crippen LogP contribution in [0.5, 0.6) is 11.5 Å². The van der Waals surface area contributed by atoms with Gasteiger partial charge in [0.1, 0.15) is 11.5 Å². The van der Waals surface area contributed by atoms with E-state index in [1.165, 1.54) is 27.8 Å². The van der Waals surface area contributed by atoms with Crippen LogP contribution in [0.2, 0.25) is 0 Å². The lowest BCUT2D eigenvalue weighted by Crippen LogP contribution is -1.98. The van der Waals surface area contributed by atoms with Crippen molar-refractivity contribution >= 4 is 11.1 Å². The Labute approximate surface area is 131 Å². The summed E-state index contributed by atoms with van der Waals surface area (Å²) >= 11 is 0. The van der Waals surface area contributed by atoms with Crippen LogP contribution in [0.4, 0.5) is 0 Å². The van der Waals surface area contributed by atoms with Crippen molar-refractivity contribution in [2.24, 2.45) is 0 Å². The first-order valence-electron chi connectivity index (χ1n) is 8.01. The first-order chi connectivity index (χ1) is 10.7. The highest BCUT2D eigenvalue weighted by Crippen LogP contribution is 2.51. The van der Waals surface area contributed by atoms with Gasteiger partial charge in [-0.2, -0.15) is 0 Å². The van der Waals surface area contributed by atoms with Gasteiger partial charge < -0.3 is 10.2 Å². The van der Waals surface area contributed by atoms with E-state index in [1.54, 1.807) is 18.2 Å². The molecule has 0 unspecified atom stereocenters. The Bertz CT molecular complexity index is 711. The van der Waals surface area contributed by atoms with Crippen molar-refractivity contribution in [2.45, 2.75) is 39.0 Å². The van der Waals surface area contributed by atoms with Gasteiger partial charge >= 0.3 is 0 Å². The van der Waals surface area contributed by atoms with Crippen LogP contribution in [0, 0.1) is 0 Å². The summed E-state index contributed by atoms with van der Waals surface area (Å²) in [4.78, 5) is 0. The average Bonchev–Trinajstić information content (AvgIpc) is 2.82. The Morgan fingerprint density at radius 1 is 0.909 bits per heavy atom. The van der Waals surface area contributed by atoms with E-state index in [9.17, 15) is 10.2 Å². The van der Waals surface area contributed by atoms with Gasteiger partial charge in [-0.3, -0.25) is 0 Å². The number of rotatable bonds is 4. The third-order valence-corrected chi connectivity index (χ3v) is 4.52. The number of fused-ring (bicyclic) bond motifs is 1. The number of hydrogen-bond donors (Lipinski definition) is 2. The minimum atomic E-state index is 0.294. The second-order valence-electron chi connectivity index (χ2n) is 5.91. The summed E-state index contributed by atoms with van der Waals surface area (Å²) in [6.07, 6.45) is 3.13. The first-order valence-corrected chi connectivity index (χ1v) is 8.01. The molecule has 1 aliphatic carbocycles. The molecule has 0 aromatic heterocycles. The van der Waals surface area contributed by atoms with E-state index in [0.29, 0.717) is 17.4 Å². The number of aromatic hydroxyl groups is 2. The molecule has 2 nitrogen and oxygen atoms in total. The Balaban J connectivity index is 2.18. The van der Waals surface area contributed by atoms with Crippen LogP contribution in [-0.2, 0) is 0 Å². The number of phenolic OH excluding ortho intramolecular Hbond substituents is 2. The monoisotopic (exact) mass is 294 g/mol. The van der Waals surface area contributed by atoms with Crippen LogP contribution in [0.15, 0.2) is 42.5 Å². The Kier molecular flexibility index (Phi) is 3.93. The summed E-state index contributed by atoms with van der Waals surface area (Å²) in [6, 6.07) is 13.2. The summed E-state index contributed by atoms with van der Waals surface area (Å²) in [6.45, 7) is 4.38. The molecule has 2 aromatic rings. The van der Waals surface area contributed by atoms with Crippen molar-refractivity contribution in [1.82, 2.24) is 0 Å². The van der Waals surface area contributed by atoms with Gasteiger partial charge in [0, 0.05) is 5.92 Å². The maximum atomic E-state index is 9.88. The van der Waals surface area contributed by atoms with Gasteiger partial charge in [-0.05, 0) is 64.9 Å². The highest BCUT2D eigenvalue weighted by molar-refractivity contribution is 5.99. The van der Waals surface area contributed by atoms with E-state index in [-0.39, 0.29) is 0 Å². The molecule has 0 aliphatic heterocycles. The molecule has 114 valence electrons. The van der Waals surface area contributed by atoms with Crippen LogP contribution in [0.25, 0.3) is 11.1 Å². The molecule has 0 saturated heterocycles. The first kappa shape index (κ1) is 14.7. The molecule has 0 spiro atoms. The smallest absolute Gasteiger partial charge is 0.115 e. The molecule has 0 heterocycles. The molecule has 2 aromatic carbocycles. The fraction of sp³-hybridized carbons (Fsp3) is 0.300. The van der Waals surface area contributed by atoms with Crippen molar-refractivity contribution < 1.29 is 10.2 Å². The predicted molar refractivity (Wildman–Crippen MR) is 91.0 cm³/mol. The highest BCUT2D eigenvalue weighted by Gasteiger charge is 2.30. The fourth-order valence-corrected chi connectivity index (χ4v) is 3.61. The van der Waals surface area contributed by atoms with Crippen LogP contribution in [0.1, 0.15) is 55.7 Å². The van der Waals surface area contributed by atoms with E-state index < -0.39 is 0 Å². The molecule has 2 N–H and O–H groups in total. The SMILES string of the molecule is CCC[C@@H]1C(c2ccc(O)cc2)=C(CC)c2ccc(O)cc21. The molecule has 0 amide bonds. The maximum Gasteiger partial charge on any atom is 0.115 e. The molecule has 1 atom stereocenters. The quantitative estimate of drug-likeness (QED) is 0.801. The second-order valence-corrected chi connectivity index (χ2v) is 5.91. The summed E-state index contributed by atoms with van der Waals surface area (Å²) in [5.41, 5.74) is 6.39. The van der Waals surface area contributed by atoms with E-state index in [0.717, 1.165) is 19.3 Å². The molecule has 2 heteroatoms. The van der Waals surface area contributed by atoms with Gasteiger partial charge in [0.05, 0.1) is 0 Å². The summed E-state index contributed by atoms with van der Waals surface area (Å²) in [7, 11) is 0. The predicted octanol–water partition coefficient (Wildman–Crippen LogP) is 5.32. The van der Waals surface area contributed by atoms with Crippen LogP contribution < -0.4 is 0 Å². The zero-order chi connectivity index (χ0) is 15.7. The van der Waals surface area contributed by atoms with E-state index in [1.807, 2.05) is 24.3 Å². The van der Waals surface area contributed by atoms with Crippen molar-refractivity contribution in [3.05, 3.63) is 59.2 Å². The van der Waals surface area contributed by atoms with Gasteiger partial charge in [0.25, 0.3) is 0 Å². The van der Waals surface area contributed by atoms with Gasteiger partial charge in [-0.15, -0.1) is 0 Å². The highest BCUT2D eigenvalue weighted by atomic mass is 16.3. The molecule has 3 rings (SSSR count). The van der Waals surface area contributed by atoms with Crippen LogP contribution >= 0.6 is 0 Å². The molecule has 0 saturated carbocycles. The molecule has 0 fully saturated rings. The Morgan fingerprint density at radius 2 is 1.59 bits per heavy atom. The third-order valence-electron chi connectivity index (χ3n) is 4.52. The van der Waals surface area contributed by atoms with Crippen molar-refractivity contribution in [2.75, 3.05) is 0 Å². The fourth-order valence-electron chi connectivity index (χ4n) is 3.61. The number of allylic oxidation sites excluding steroid dienone is 2. The lowest BCUT2D eigenvalue weighted by molar-refractivity contribution is 0.474. The van der Waals surface area contributed by atoms with E-state index in [4.69, 9.17) is 0 Å². The van der Waals surface area contributed by atoms with Crippen molar-refractivity contribution in [1.29, 1.82) is 0 Å². The topological polar surface area (TPSA) is 40.5 Å². The molecular formula is C20H22O2. The molecule has 1 aliphatic rings. The minimum absolute atomic E-state index is 0.294. The van der Waals surface area contributed by atoms with Gasteiger partial charge in [0.15, 0.2) is 0 Å². The summed E-state index contributed by atoms with van der Waals surface area (Å²) < 4.78 is 0. The number of benzene rings is 2. The van der Waals surface area contributed by atoms with Crippen LogP contribution in [0.3, 0.4) is 0 Å². The zero-order valence-corrected chi connectivity index (χ0v) is 13.1. The maximum absolute atomic E-state index is 9.88. The number of hydrogen-bond acceptors (Lipinski definition) is 2. The zero-order valence-electron chi connectivity index (χ0n) is 13.1. The minimum Gasteiger partial charge on any atom is -0.508 e. The normalized spacial score (nSPS) is 16.9. The lowest BCUT2D eigenvalue weighted by atomic mass is 9.87. The van der Waals surface area contributed by atoms with Gasteiger partial charge in [-0.25, -0.2) is 0 Å². The van der Waals surface area contributed by atoms with Gasteiger partial charge in [-0.1, -0.05) is 38.5 Å². The summed E-state index contributed by atoms with van der Waals surface area (Å²) in [5, 5.41) is 19.4. The lowest BCUT2D eigenvalue weighted by Gasteiger charge is -2.17. The van der Waals surface area contributed by atoms with Crippen LogP contribution in [-0.4, -0.2) is 10.2 Å². The molecule has 0 bridgehead atoms. The van der Waals surface area contributed by atoms with Crippen molar-refractivity contribution in [3.8, 4) is 11.5 Å². The Hall–Kier alpha value is -2.22. The number of phenols is 2. The Morgan fingerprint density at radius 3 is 2.23 bits per heavy atom. The average molecular weight is 294 g/mol. The summed E-state index contributed by atoms with van der Waals surface area (Å²) in [5.74, 6) is 0.955. The largest absolute Gasteiger partial charge is 0.508 e. The third kappa shape index (κ3) is 2.39. The standard InChI is InChI=1S/C20H22O2/c1-3-5-18-19-12-15(22)10-11-17(19)16(4-2)20(18)13-6-8-14(21)9-7-13/h6-12,18,21-22H,3-5H2,1-2H3/t18-/m0/s1. The molecule has 0 radical (unpaired) electrons. The molecular weight excluding hydrogens is 272 g/mol. The second kappa shape index (κ2) is 5.88. The van der Waals surface area contributed by atoms with E-state index in [2.05, 4.69) is 13.8 Å².